The predicted molar refractivity (Wildman–Crippen MR) is 316 cm³/mol. The van der Waals surface area contributed by atoms with Crippen LogP contribution >= 0.6 is 7.82 Å². The van der Waals surface area contributed by atoms with Crippen LogP contribution in [0.3, 0.4) is 0 Å². The van der Waals surface area contributed by atoms with Crippen LogP contribution in [0.4, 0.5) is 0 Å². The zero-order chi connectivity index (χ0) is 55.5. The van der Waals surface area contributed by atoms with Crippen LogP contribution in [0.1, 0.15) is 226 Å². The first-order valence-electron chi connectivity index (χ1n) is 29.4. The number of aliphatic hydroxyl groups excluding tert-OH is 1. The quantitative estimate of drug-likeness (QED) is 0.0197. The summed E-state index contributed by atoms with van der Waals surface area (Å²) in [5.74, 6) is -1.62. The number of phosphoric ester groups is 1. The number of ether oxygens (including phenoxy) is 3. The topological polar surface area (TPSA) is 155 Å². The molecule has 11 nitrogen and oxygen atoms in total. The second-order valence-corrected chi connectivity index (χ2v) is 20.5. The van der Waals surface area contributed by atoms with Gasteiger partial charge in [-0.15, -0.1) is 0 Å². The summed E-state index contributed by atoms with van der Waals surface area (Å²) in [4.78, 5) is 48.5. The fourth-order valence-corrected chi connectivity index (χ4v) is 8.27. The zero-order valence-electron chi connectivity index (χ0n) is 47.7. The maximum atomic E-state index is 12.9. The van der Waals surface area contributed by atoms with Crippen molar-refractivity contribution in [1.82, 2.24) is 0 Å². The Morgan fingerprint density at radius 3 is 1.13 bits per heavy atom. The molecule has 0 radical (unpaired) electrons. The van der Waals surface area contributed by atoms with Crippen LogP contribution < -0.4 is 0 Å². The van der Waals surface area contributed by atoms with Gasteiger partial charge < -0.3 is 24.2 Å². The van der Waals surface area contributed by atoms with Crippen LogP contribution in [-0.2, 0) is 42.2 Å². The van der Waals surface area contributed by atoms with E-state index in [1.807, 2.05) is 12.2 Å². The second-order valence-electron chi connectivity index (χ2n) is 19.0. The minimum Gasteiger partial charge on any atom is -0.462 e. The summed E-state index contributed by atoms with van der Waals surface area (Å²) in [6, 6.07) is 0. The first kappa shape index (κ1) is 71.9. The van der Waals surface area contributed by atoms with Gasteiger partial charge in [-0.25, -0.2) is 4.57 Å². The SMILES string of the molecule is CC/C=C\C/C=C\C/C=C\C/C=C\C/C=C\C/C=C\CCC(=O)OC(COC(=O)CCCC/C=C\C/C=C\C/C=C\C/C=C\CC)COP(=O)(O)OCC(CO)OC(=O)CCCCCCCCCCCCCCCCC. The first-order chi connectivity index (χ1) is 37.2. The van der Waals surface area contributed by atoms with Crippen molar-refractivity contribution in [1.29, 1.82) is 0 Å². The van der Waals surface area contributed by atoms with E-state index < -0.39 is 64.4 Å². The number of carbonyl (C=O) groups is 3. The number of aliphatic hydroxyl groups is 1. The largest absolute Gasteiger partial charge is 0.472 e. The first-order valence-corrected chi connectivity index (χ1v) is 30.9. The van der Waals surface area contributed by atoms with E-state index in [4.69, 9.17) is 23.3 Å². The van der Waals surface area contributed by atoms with Crippen LogP contribution in [0.25, 0.3) is 0 Å². The van der Waals surface area contributed by atoms with Crippen LogP contribution in [0.5, 0.6) is 0 Å². The molecule has 0 aromatic heterocycles. The number of allylic oxidation sites excluding steroid dienone is 20. The van der Waals surface area contributed by atoms with Crippen molar-refractivity contribution in [2.45, 2.75) is 238 Å². The molecule has 0 saturated heterocycles. The van der Waals surface area contributed by atoms with E-state index in [0.717, 1.165) is 89.9 Å². The molecule has 3 unspecified atom stereocenters. The Hall–Kier alpha value is -4.12. The van der Waals surface area contributed by atoms with E-state index in [0.29, 0.717) is 25.7 Å². The lowest BCUT2D eigenvalue weighted by atomic mass is 10.0. The molecule has 0 rings (SSSR count). The van der Waals surface area contributed by atoms with Gasteiger partial charge in [0.2, 0.25) is 0 Å². The number of carbonyl (C=O) groups excluding carboxylic acids is 3. The molecule has 0 aliphatic heterocycles. The summed E-state index contributed by atoms with van der Waals surface area (Å²) in [5.41, 5.74) is 0. The summed E-state index contributed by atoms with van der Waals surface area (Å²) in [5, 5.41) is 9.82. The van der Waals surface area contributed by atoms with E-state index in [9.17, 15) is 28.9 Å². The highest BCUT2D eigenvalue weighted by Gasteiger charge is 2.28. The maximum absolute atomic E-state index is 12.9. The van der Waals surface area contributed by atoms with Crippen LogP contribution in [-0.4, -0.2) is 66.5 Å². The van der Waals surface area contributed by atoms with Crippen molar-refractivity contribution in [2.75, 3.05) is 26.4 Å². The van der Waals surface area contributed by atoms with Crippen molar-refractivity contribution in [2.24, 2.45) is 0 Å². The third-order valence-corrected chi connectivity index (χ3v) is 12.8. The Morgan fingerprint density at radius 1 is 0.382 bits per heavy atom. The fraction of sp³-hybridized carbons (Fsp3) is 0.641. The molecule has 0 aliphatic carbocycles. The summed E-state index contributed by atoms with van der Waals surface area (Å²) in [7, 11) is -4.78. The highest BCUT2D eigenvalue weighted by molar-refractivity contribution is 7.47. The average molecular weight is 1080 g/mol. The third-order valence-electron chi connectivity index (χ3n) is 11.9. The molecule has 432 valence electrons. The van der Waals surface area contributed by atoms with E-state index in [1.54, 1.807) is 0 Å². The number of unbranched alkanes of at least 4 members (excludes halogenated alkanes) is 16. The number of rotatable bonds is 53. The lowest BCUT2D eigenvalue weighted by Crippen LogP contribution is -2.30. The Bertz CT molecular complexity index is 1740. The van der Waals surface area contributed by atoms with E-state index >= 15 is 0 Å². The monoisotopic (exact) mass is 1080 g/mol. The minimum absolute atomic E-state index is 0.0279. The molecule has 3 atom stereocenters. The van der Waals surface area contributed by atoms with Gasteiger partial charge >= 0.3 is 25.7 Å². The molecule has 0 spiro atoms. The highest BCUT2D eigenvalue weighted by Crippen LogP contribution is 2.43. The van der Waals surface area contributed by atoms with Crippen LogP contribution in [0, 0.1) is 0 Å². The van der Waals surface area contributed by atoms with E-state index in [-0.39, 0.29) is 19.3 Å². The molecule has 2 N–H and O–H groups in total. The fourth-order valence-electron chi connectivity index (χ4n) is 7.49. The Labute approximate surface area is 462 Å². The average Bonchev–Trinajstić information content (AvgIpc) is 3.41. The molecule has 0 fully saturated rings. The lowest BCUT2D eigenvalue weighted by molar-refractivity contribution is -0.161. The Kier molecular flexibility index (Phi) is 54.0. The van der Waals surface area contributed by atoms with Gasteiger partial charge in [0.1, 0.15) is 12.7 Å². The van der Waals surface area contributed by atoms with E-state index in [1.165, 1.54) is 70.6 Å². The summed E-state index contributed by atoms with van der Waals surface area (Å²) < 4.78 is 39.4. The van der Waals surface area contributed by atoms with Gasteiger partial charge in [0.25, 0.3) is 0 Å². The molecular formula is C64H105O11P. The van der Waals surface area contributed by atoms with Crippen LogP contribution in [0.2, 0.25) is 0 Å². The second kappa shape index (κ2) is 57.1. The Morgan fingerprint density at radius 2 is 0.711 bits per heavy atom. The van der Waals surface area contributed by atoms with Crippen molar-refractivity contribution >= 4 is 25.7 Å². The number of hydrogen-bond acceptors (Lipinski definition) is 10. The smallest absolute Gasteiger partial charge is 0.462 e. The molecule has 0 aromatic carbocycles. The maximum Gasteiger partial charge on any atom is 0.472 e. The third kappa shape index (κ3) is 54.7. The van der Waals surface area contributed by atoms with Gasteiger partial charge in [-0.2, -0.15) is 0 Å². The molecule has 0 bridgehead atoms. The normalized spacial score (nSPS) is 14.2. The molecular weight excluding hydrogens is 976 g/mol. The molecule has 76 heavy (non-hydrogen) atoms. The van der Waals surface area contributed by atoms with Gasteiger partial charge in [-0.3, -0.25) is 23.4 Å². The molecule has 0 aliphatic rings. The molecule has 0 aromatic rings. The number of esters is 3. The highest BCUT2D eigenvalue weighted by atomic mass is 31.2. The standard InChI is InChI=1S/C64H105O11P/c1-4-7-10-13-16-19-22-25-28-29-30-31-34-37-40-43-46-49-52-55-64(68)75-61(57-71-62(66)53-50-47-44-41-38-35-32-26-23-20-17-14-11-8-5-2)59-73-76(69,70)72-58-60(56-65)74-63(67)54-51-48-45-42-39-36-33-27-24-21-18-15-12-9-6-3/h7-8,10-11,16-17,19-20,25-26,28,30-32,37-38,40-41,46,49,60-61,65H,4-6,9,12-15,18,21-24,27,29,33-36,39,42-45,47-48,50-59H2,1-3H3,(H,69,70)/b10-7-,11-8-,19-16-,20-17-,28-25-,31-30-,32-26-,40-37-,41-38-,49-46-. The summed E-state index contributed by atoms with van der Waals surface area (Å²) >= 11 is 0. The molecule has 0 amide bonds. The minimum atomic E-state index is -4.78. The van der Waals surface area contributed by atoms with Crippen molar-refractivity contribution < 1.29 is 52.2 Å². The van der Waals surface area contributed by atoms with Gasteiger partial charge in [-0.1, -0.05) is 232 Å². The number of hydrogen-bond donors (Lipinski definition) is 2. The predicted octanol–water partition coefficient (Wildman–Crippen LogP) is 17.6. The van der Waals surface area contributed by atoms with Crippen molar-refractivity contribution in [3.05, 3.63) is 122 Å². The van der Waals surface area contributed by atoms with Gasteiger partial charge in [0.15, 0.2) is 6.10 Å². The van der Waals surface area contributed by atoms with E-state index in [2.05, 4.69) is 130 Å². The van der Waals surface area contributed by atoms with Gasteiger partial charge in [0, 0.05) is 19.3 Å². The zero-order valence-corrected chi connectivity index (χ0v) is 48.6. The summed E-state index contributed by atoms with van der Waals surface area (Å²) in [6.07, 6.45) is 70.3. The summed E-state index contributed by atoms with van der Waals surface area (Å²) in [6.45, 7) is 4.28. The van der Waals surface area contributed by atoms with Crippen molar-refractivity contribution in [3.8, 4) is 0 Å². The molecule has 0 saturated carbocycles. The van der Waals surface area contributed by atoms with Gasteiger partial charge in [-0.05, 0) is 96.3 Å². The Balaban J connectivity index is 4.89. The van der Waals surface area contributed by atoms with Crippen LogP contribution in [0.15, 0.2) is 122 Å². The molecule has 0 heterocycles. The van der Waals surface area contributed by atoms with Gasteiger partial charge in [0.05, 0.1) is 19.8 Å². The number of phosphoric acid groups is 1. The lowest BCUT2D eigenvalue weighted by Gasteiger charge is -2.21. The molecule has 12 heteroatoms. The van der Waals surface area contributed by atoms with Crippen molar-refractivity contribution in [3.63, 3.8) is 0 Å².